The molecule has 1 spiro atoms. The van der Waals surface area contributed by atoms with E-state index in [1.807, 2.05) is 11.8 Å². The van der Waals surface area contributed by atoms with Gasteiger partial charge < -0.3 is 15.1 Å². The number of amides is 2. The zero-order valence-electron chi connectivity index (χ0n) is 16.1. The molecular weight excluding hydrogens is 328 g/mol. The number of rotatable bonds is 3. The van der Waals surface area contributed by atoms with Gasteiger partial charge in [0.25, 0.3) is 5.91 Å². The van der Waals surface area contributed by atoms with Gasteiger partial charge in [-0.1, -0.05) is 6.92 Å². The van der Waals surface area contributed by atoms with Crippen molar-refractivity contribution < 1.29 is 9.59 Å². The molecule has 0 bridgehead atoms. The van der Waals surface area contributed by atoms with Crippen LogP contribution < -0.4 is 5.32 Å². The number of likely N-dealkylation sites (N-methyl/N-ethyl adjacent to an activating group) is 2. The lowest BCUT2D eigenvalue weighted by molar-refractivity contribution is -0.115. The lowest BCUT2D eigenvalue weighted by Crippen LogP contribution is -2.64. The van der Waals surface area contributed by atoms with Crippen LogP contribution in [-0.4, -0.2) is 78.9 Å². The molecule has 2 aliphatic heterocycles. The van der Waals surface area contributed by atoms with Gasteiger partial charge in [-0.3, -0.25) is 14.5 Å². The van der Waals surface area contributed by atoms with Crippen LogP contribution in [0.1, 0.15) is 36.5 Å². The van der Waals surface area contributed by atoms with E-state index in [1.165, 1.54) is 0 Å². The number of likely N-dealkylation sites (tertiary alicyclic amines) is 1. The third-order valence-corrected chi connectivity index (χ3v) is 5.91. The molecule has 2 amide bonds. The van der Waals surface area contributed by atoms with E-state index in [-0.39, 0.29) is 17.4 Å². The number of hydrogen-bond donors (Lipinski definition) is 1. The van der Waals surface area contributed by atoms with E-state index in [0.717, 1.165) is 51.3 Å². The zero-order chi connectivity index (χ0) is 18.7. The summed E-state index contributed by atoms with van der Waals surface area (Å²) >= 11 is 0. The Balaban J connectivity index is 1.60. The molecule has 0 saturated carbocycles. The number of piperidine rings is 1. The first-order valence-electron chi connectivity index (χ1n) is 9.52. The monoisotopic (exact) mass is 358 g/mol. The minimum Gasteiger partial charge on any atom is -0.339 e. The molecular formula is C20H30N4O2. The lowest BCUT2D eigenvalue weighted by Gasteiger charge is -2.52. The van der Waals surface area contributed by atoms with Gasteiger partial charge in [-0.15, -0.1) is 0 Å². The van der Waals surface area contributed by atoms with Crippen LogP contribution in [0, 0.1) is 0 Å². The van der Waals surface area contributed by atoms with Gasteiger partial charge in [-0.05, 0) is 51.2 Å². The van der Waals surface area contributed by atoms with Crippen molar-refractivity contribution in [3.05, 3.63) is 29.8 Å². The second kappa shape index (κ2) is 7.76. The Morgan fingerprint density at radius 3 is 2.31 bits per heavy atom. The van der Waals surface area contributed by atoms with Crippen LogP contribution in [-0.2, 0) is 4.79 Å². The van der Waals surface area contributed by atoms with Crippen LogP contribution in [0.4, 0.5) is 5.69 Å². The van der Waals surface area contributed by atoms with Crippen molar-refractivity contribution in [1.29, 1.82) is 0 Å². The van der Waals surface area contributed by atoms with Crippen LogP contribution in [0.5, 0.6) is 0 Å². The maximum Gasteiger partial charge on any atom is 0.253 e. The Labute approximate surface area is 156 Å². The number of anilines is 1. The Hall–Kier alpha value is -1.92. The molecule has 0 aromatic heterocycles. The second-order valence-corrected chi connectivity index (χ2v) is 7.65. The normalized spacial score (nSPS) is 21.0. The SMILES string of the molecule is CCC(=O)Nc1ccc(C(=O)N2CCC3(CC2)CN(C)CCN3C)cc1. The third-order valence-electron chi connectivity index (χ3n) is 5.91. The fraction of sp³-hybridized carbons (Fsp3) is 0.600. The van der Waals surface area contributed by atoms with Crippen molar-refractivity contribution in [3.8, 4) is 0 Å². The molecule has 3 rings (SSSR count). The first-order chi connectivity index (χ1) is 12.4. The average Bonchev–Trinajstić information content (AvgIpc) is 2.65. The van der Waals surface area contributed by atoms with Gasteiger partial charge >= 0.3 is 0 Å². The molecule has 2 aliphatic rings. The summed E-state index contributed by atoms with van der Waals surface area (Å²) in [6.07, 6.45) is 2.48. The smallest absolute Gasteiger partial charge is 0.253 e. The van der Waals surface area contributed by atoms with Gasteiger partial charge in [-0.2, -0.15) is 0 Å². The van der Waals surface area contributed by atoms with Gasteiger partial charge in [-0.25, -0.2) is 0 Å². The highest BCUT2D eigenvalue weighted by Gasteiger charge is 2.42. The first kappa shape index (κ1) is 18.9. The third kappa shape index (κ3) is 3.91. The molecule has 1 aromatic carbocycles. The Morgan fingerprint density at radius 2 is 1.69 bits per heavy atom. The van der Waals surface area contributed by atoms with Gasteiger partial charge in [0.15, 0.2) is 0 Å². The van der Waals surface area contributed by atoms with E-state index in [9.17, 15) is 9.59 Å². The fourth-order valence-corrected chi connectivity index (χ4v) is 4.05. The molecule has 2 fully saturated rings. The summed E-state index contributed by atoms with van der Waals surface area (Å²) in [5.74, 6) is 0.0620. The highest BCUT2D eigenvalue weighted by atomic mass is 16.2. The van der Waals surface area contributed by atoms with E-state index in [4.69, 9.17) is 0 Å². The topological polar surface area (TPSA) is 55.9 Å². The maximum absolute atomic E-state index is 12.8. The van der Waals surface area contributed by atoms with Crippen LogP contribution >= 0.6 is 0 Å². The zero-order valence-corrected chi connectivity index (χ0v) is 16.1. The number of piperazine rings is 1. The molecule has 2 saturated heterocycles. The summed E-state index contributed by atoms with van der Waals surface area (Å²) in [5.41, 5.74) is 1.63. The Morgan fingerprint density at radius 1 is 1.04 bits per heavy atom. The van der Waals surface area contributed by atoms with E-state index < -0.39 is 0 Å². The number of benzene rings is 1. The van der Waals surface area contributed by atoms with Crippen molar-refractivity contribution in [3.63, 3.8) is 0 Å². The van der Waals surface area contributed by atoms with Gasteiger partial charge in [0.05, 0.1) is 0 Å². The molecule has 0 unspecified atom stereocenters. The molecule has 1 aromatic rings. The second-order valence-electron chi connectivity index (χ2n) is 7.65. The summed E-state index contributed by atoms with van der Waals surface area (Å²) in [6, 6.07) is 7.21. The molecule has 142 valence electrons. The van der Waals surface area contributed by atoms with E-state index in [2.05, 4.69) is 29.2 Å². The minimum absolute atomic E-state index is 0.0213. The quantitative estimate of drug-likeness (QED) is 0.896. The fourth-order valence-electron chi connectivity index (χ4n) is 4.05. The summed E-state index contributed by atoms with van der Waals surface area (Å²) in [7, 11) is 4.40. The molecule has 0 atom stereocenters. The molecule has 0 aliphatic carbocycles. The predicted octanol–water partition coefficient (Wildman–Crippen LogP) is 1.89. The van der Waals surface area contributed by atoms with E-state index >= 15 is 0 Å². The summed E-state index contributed by atoms with van der Waals surface area (Å²) < 4.78 is 0. The molecule has 6 heteroatoms. The van der Waals surface area contributed by atoms with Gasteiger partial charge in [0.1, 0.15) is 0 Å². The predicted molar refractivity (Wildman–Crippen MR) is 103 cm³/mol. The number of hydrogen-bond acceptors (Lipinski definition) is 4. The van der Waals surface area contributed by atoms with Crippen LogP contribution in [0.2, 0.25) is 0 Å². The largest absolute Gasteiger partial charge is 0.339 e. The summed E-state index contributed by atoms with van der Waals surface area (Å²) in [6.45, 7) is 6.70. The van der Waals surface area contributed by atoms with E-state index in [1.54, 1.807) is 24.3 Å². The molecule has 1 N–H and O–H groups in total. The van der Waals surface area contributed by atoms with Crippen LogP contribution in [0.15, 0.2) is 24.3 Å². The summed E-state index contributed by atoms with van der Waals surface area (Å²) in [5, 5.41) is 2.81. The molecule has 26 heavy (non-hydrogen) atoms. The van der Waals surface area contributed by atoms with E-state index in [0.29, 0.717) is 12.0 Å². The standard InChI is InChI=1S/C20H30N4O2/c1-4-18(25)21-17-7-5-16(6-8-17)19(26)24-11-9-20(10-12-24)15-22(2)13-14-23(20)3/h5-8H,4,9-15H2,1-3H3,(H,21,25). The number of nitrogens with one attached hydrogen (secondary N) is 1. The molecule has 6 nitrogen and oxygen atoms in total. The van der Waals surface area contributed by atoms with Crippen molar-refractivity contribution in [1.82, 2.24) is 14.7 Å². The lowest BCUT2D eigenvalue weighted by atomic mass is 9.83. The number of carbonyl (C=O) groups is 2. The first-order valence-corrected chi connectivity index (χ1v) is 9.52. The van der Waals surface area contributed by atoms with Gasteiger partial charge in [0.2, 0.25) is 5.91 Å². The summed E-state index contributed by atoms with van der Waals surface area (Å²) in [4.78, 5) is 31.1. The minimum atomic E-state index is -0.0213. The maximum atomic E-state index is 12.8. The van der Waals surface area contributed by atoms with Crippen molar-refractivity contribution in [2.24, 2.45) is 0 Å². The molecule has 0 radical (unpaired) electrons. The Bertz CT molecular complexity index is 650. The van der Waals surface area contributed by atoms with Crippen LogP contribution in [0.25, 0.3) is 0 Å². The van der Waals surface area contributed by atoms with Crippen LogP contribution in [0.3, 0.4) is 0 Å². The highest BCUT2D eigenvalue weighted by Crippen LogP contribution is 2.31. The molecule has 2 heterocycles. The number of nitrogens with zero attached hydrogens (tertiary/aromatic N) is 3. The van der Waals surface area contributed by atoms with Crippen molar-refractivity contribution in [2.45, 2.75) is 31.7 Å². The number of carbonyl (C=O) groups excluding carboxylic acids is 2. The van der Waals surface area contributed by atoms with Crippen molar-refractivity contribution in [2.75, 3.05) is 52.1 Å². The Kier molecular flexibility index (Phi) is 5.63. The van der Waals surface area contributed by atoms with Gasteiger partial charge in [0, 0.05) is 55.9 Å². The highest BCUT2D eigenvalue weighted by molar-refractivity contribution is 5.95. The van der Waals surface area contributed by atoms with Crippen molar-refractivity contribution >= 4 is 17.5 Å². The average molecular weight is 358 g/mol.